The SMILES string of the molecule is CO[C@H]1C[C@H]2CC[C@@H](C)[C@@H](O2)C(=O)C(=O)N2CCCC[C@H]2C(=O)OC([C@H](C)C[C@@H]2CC[C@@H](OCCOC(=O)CSC[C@H](NC(=O)CC[C@H](N)C(=O)O)C(=O)NCC(=O)O)[C@H](OC)C2)CC(=O)[C@H](C)/C=C(\C)[C@@H](OC(=O)CSC[C@H](NC(=O)CC[C@H](N)C(=O)O)C(=O)NCCO)[C@@H](OC)C(=O)[C@H](C)C[C@@H](C)\C=C/C=C/C=C/1C. The number of fused-ring (bicyclic) bond motifs is 3. The zero-order chi connectivity index (χ0) is 83.3. The van der Waals surface area contributed by atoms with Crippen molar-refractivity contribution in [1.29, 1.82) is 0 Å². The van der Waals surface area contributed by atoms with Crippen LogP contribution < -0.4 is 32.7 Å². The number of aliphatic hydroxyl groups excluding tert-OH is 1. The van der Waals surface area contributed by atoms with E-state index in [1.807, 2.05) is 58.1 Å². The third-order valence-corrected chi connectivity index (χ3v) is 22.3. The number of nitrogens with two attached hydrogens (primary N) is 2. The van der Waals surface area contributed by atoms with E-state index in [2.05, 4.69) is 21.3 Å². The van der Waals surface area contributed by atoms with Crippen LogP contribution in [0.4, 0.5) is 0 Å². The van der Waals surface area contributed by atoms with Crippen molar-refractivity contribution >= 4 is 106 Å². The maximum atomic E-state index is 15.0. The van der Waals surface area contributed by atoms with Crippen LogP contribution in [-0.4, -0.2) is 271 Å². The van der Waals surface area contributed by atoms with Crippen LogP contribution in [0.1, 0.15) is 151 Å². The van der Waals surface area contributed by atoms with Crippen LogP contribution >= 0.6 is 23.5 Å². The topological polar surface area (TPSA) is 497 Å². The number of aliphatic carboxylic acids is 3. The summed E-state index contributed by atoms with van der Waals surface area (Å²) in [6.45, 7) is 10.9. The molecule has 4 aliphatic rings. The molecule has 2 bridgehead atoms. The van der Waals surface area contributed by atoms with Gasteiger partial charge in [0.15, 0.2) is 18.0 Å². The number of methoxy groups -OCH3 is 3. The number of Topliss-reactive ketones (excluding diaryl/α,β-unsaturated/α-hetero) is 3. The van der Waals surface area contributed by atoms with E-state index in [1.165, 1.54) is 25.2 Å². The van der Waals surface area contributed by atoms with Crippen LogP contribution in [0.2, 0.25) is 0 Å². The Balaban J connectivity index is 1.65. The van der Waals surface area contributed by atoms with Crippen LogP contribution in [-0.2, 0) is 105 Å². The number of carbonyl (C=O) groups is 14. The Hall–Kier alpha value is -7.48. The van der Waals surface area contributed by atoms with Gasteiger partial charge in [0.25, 0.3) is 5.91 Å². The van der Waals surface area contributed by atoms with Crippen LogP contribution in [0.3, 0.4) is 0 Å². The summed E-state index contributed by atoms with van der Waals surface area (Å²) in [6, 6.07) is -6.44. The number of cyclic esters (lactones) is 1. The van der Waals surface area contributed by atoms with Gasteiger partial charge in [-0.1, -0.05) is 71.1 Å². The first-order valence-corrected chi connectivity index (χ1v) is 40.6. The molecule has 1 unspecified atom stereocenters. The van der Waals surface area contributed by atoms with Crippen LogP contribution in [0.15, 0.2) is 47.6 Å². The second-order valence-corrected chi connectivity index (χ2v) is 31.4. The lowest BCUT2D eigenvalue weighted by Crippen LogP contribution is -2.55. The van der Waals surface area contributed by atoms with E-state index >= 15 is 4.79 Å². The van der Waals surface area contributed by atoms with Gasteiger partial charge in [0.05, 0.1) is 49.1 Å². The van der Waals surface area contributed by atoms with E-state index in [9.17, 15) is 72.5 Å². The summed E-state index contributed by atoms with van der Waals surface area (Å²) < 4.78 is 48.5. The quantitative estimate of drug-likeness (QED) is 0.0143. The fraction of sp³-hybridized carbons (Fsp3) is 0.714. The van der Waals surface area contributed by atoms with Gasteiger partial charge in [-0.15, -0.1) is 23.5 Å². The normalized spacial score (nSPS) is 28.4. The molecule has 3 aliphatic heterocycles. The summed E-state index contributed by atoms with van der Waals surface area (Å²) >= 11 is 1.81. The van der Waals surface area contributed by atoms with Gasteiger partial charge in [0, 0.05) is 83.4 Å². The maximum Gasteiger partial charge on any atom is 0.329 e. The number of aliphatic hydroxyl groups is 1. The first kappa shape index (κ1) is 96.9. The minimum atomic E-state index is -1.44. The average molecular weight is 1620 g/mol. The molecule has 630 valence electrons. The molecule has 2 saturated heterocycles. The predicted octanol–water partition coefficient (Wildman–Crippen LogP) is 3.11. The van der Waals surface area contributed by atoms with Gasteiger partial charge in [-0.05, 0) is 126 Å². The number of nitrogens with one attached hydrogen (secondary N) is 4. The Kier molecular flexibility index (Phi) is 43.8. The van der Waals surface area contributed by atoms with E-state index in [-0.39, 0.29) is 105 Å². The first-order valence-electron chi connectivity index (χ1n) is 38.2. The molecule has 19 atom stereocenters. The number of hydrogen-bond acceptors (Lipinski definition) is 27. The molecule has 0 aromatic rings. The highest BCUT2D eigenvalue weighted by Crippen LogP contribution is 2.37. The van der Waals surface area contributed by atoms with Crippen molar-refractivity contribution in [2.24, 2.45) is 47.0 Å². The third kappa shape index (κ3) is 33.5. The second-order valence-electron chi connectivity index (χ2n) is 29.3. The number of esters is 3. The number of ether oxygens (including phenoxy) is 8. The molecule has 5 amide bonds. The number of carboxylic acid groups (broad SMARTS) is 3. The molecule has 1 saturated carbocycles. The third-order valence-electron chi connectivity index (χ3n) is 20.3. The van der Waals surface area contributed by atoms with Crippen molar-refractivity contribution in [3.05, 3.63) is 47.6 Å². The van der Waals surface area contributed by atoms with Gasteiger partial charge in [0.1, 0.15) is 61.4 Å². The summed E-state index contributed by atoms with van der Waals surface area (Å²) in [5, 5.41) is 46.4. The Morgan fingerprint density at radius 3 is 1.94 bits per heavy atom. The molecule has 0 spiro atoms. The minimum absolute atomic E-state index is 0.0392. The summed E-state index contributed by atoms with van der Waals surface area (Å²) in [5.74, 6) is -15.8. The predicted molar refractivity (Wildman–Crippen MR) is 411 cm³/mol. The fourth-order valence-corrected chi connectivity index (χ4v) is 15.5. The molecule has 0 aromatic carbocycles. The average Bonchev–Trinajstić information content (AvgIpc) is 0.807. The number of hydrogen-bond donors (Lipinski definition) is 10. The summed E-state index contributed by atoms with van der Waals surface area (Å²) in [6.07, 6.45) is 7.43. The Labute approximate surface area is 663 Å². The van der Waals surface area contributed by atoms with E-state index < -0.39 is 198 Å². The number of thioether (sulfide) groups is 2. The summed E-state index contributed by atoms with van der Waals surface area (Å²) in [4.78, 5) is 187. The van der Waals surface area contributed by atoms with Gasteiger partial charge < -0.3 is 96.0 Å². The van der Waals surface area contributed by atoms with Gasteiger partial charge >= 0.3 is 35.8 Å². The highest BCUT2D eigenvalue weighted by molar-refractivity contribution is 8.00. The highest BCUT2D eigenvalue weighted by Gasteiger charge is 2.45. The van der Waals surface area contributed by atoms with Crippen molar-refractivity contribution in [1.82, 2.24) is 26.2 Å². The van der Waals surface area contributed by atoms with Crippen molar-refractivity contribution in [2.45, 2.75) is 230 Å². The van der Waals surface area contributed by atoms with Crippen LogP contribution in [0.25, 0.3) is 0 Å². The molecule has 33 nitrogen and oxygen atoms in total. The molecule has 112 heavy (non-hydrogen) atoms. The number of amides is 5. The lowest BCUT2D eigenvalue weighted by atomic mass is 9.78. The number of piperidine rings is 1. The van der Waals surface area contributed by atoms with Gasteiger partial charge in [-0.3, -0.25) is 62.3 Å². The molecular weight excluding hydrogens is 1500 g/mol. The van der Waals surface area contributed by atoms with E-state index in [4.69, 9.17) is 59.6 Å². The Bertz CT molecular complexity index is 3300. The number of ketones is 3. The molecule has 12 N–H and O–H groups in total. The maximum absolute atomic E-state index is 15.0. The monoisotopic (exact) mass is 1620 g/mol. The van der Waals surface area contributed by atoms with Gasteiger partial charge in [-0.25, -0.2) is 4.79 Å². The molecule has 4 rings (SSSR count). The summed E-state index contributed by atoms with van der Waals surface area (Å²) in [7, 11) is 4.39. The van der Waals surface area contributed by atoms with Crippen LogP contribution in [0, 0.1) is 35.5 Å². The van der Waals surface area contributed by atoms with E-state index in [0.29, 0.717) is 64.2 Å². The van der Waals surface area contributed by atoms with Gasteiger partial charge in [-0.2, -0.15) is 0 Å². The lowest BCUT2D eigenvalue weighted by Gasteiger charge is -2.39. The number of allylic oxidation sites excluding steroid dienone is 6. The standard InChI is InChI=1S/C77H119N7O26S2/c1-43-16-12-11-13-17-44(2)59(103-8)36-51-21-19-45(3)69(108-51)68(94)74(97)84-28-15-14-18-56(84)77(102)109-60(47(5)34-50-20-24-58(61(35-50)104-9)106-30-31-107-65(91)41-111-40-55(73(96)81-38-64(89)90)83-63(88)26-23-53(79)76(100)101)37-57(86)46(4)33-49(7)70(71(105-10)67(93)48(6)32-43)110-66(92)42-112-39-54(72(95)80-27-29-85)82-62(87)25-22-52(78)75(98)99/h11-13,16-17,33,43,45-48,50-56,58-61,69-71,85H,14-15,18-32,34-42,78-79H2,1-10H3,(H,80,95)(H,81,96)(H,82,87)(H,83,88)(H,89,90)(H,98,99)(H,100,101)/b13-11+,16-12-,44-17+,49-33+/t43-,45+,46+,47+,48+,50-,51+,52-,53-,54-,55-,56-,58+,59-,60?,61+,69+,70+,71-/m0/s1. The first-order chi connectivity index (χ1) is 53.1. The zero-order valence-electron chi connectivity index (χ0n) is 66.0. The Morgan fingerprint density at radius 1 is 0.705 bits per heavy atom. The van der Waals surface area contributed by atoms with E-state index in [1.54, 1.807) is 27.9 Å². The number of rotatable bonds is 35. The van der Waals surface area contributed by atoms with Crippen molar-refractivity contribution in [3.8, 4) is 0 Å². The second kappa shape index (κ2) is 50.7. The zero-order valence-corrected chi connectivity index (χ0v) is 67.6. The number of carboxylic acids is 3. The lowest BCUT2D eigenvalue weighted by molar-refractivity contribution is -0.170. The smallest absolute Gasteiger partial charge is 0.329 e. The molecule has 0 radical (unpaired) electrons. The van der Waals surface area contributed by atoms with Gasteiger partial charge in [0.2, 0.25) is 29.4 Å². The largest absolute Gasteiger partial charge is 0.480 e. The molecule has 3 heterocycles. The molecule has 1 aliphatic carbocycles. The Morgan fingerprint density at radius 2 is 1.34 bits per heavy atom. The minimum Gasteiger partial charge on any atom is -0.480 e. The molecule has 0 aromatic heterocycles. The molecule has 35 heteroatoms. The molecular formula is C77H119N7O26S2. The van der Waals surface area contributed by atoms with Crippen molar-refractivity contribution in [2.75, 3.05) is 83.8 Å². The highest BCUT2D eigenvalue weighted by atomic mass is 32.2. The van der Waals surface area contributed by atoms with Crippen LogP contribution in [0.5, 0.6) is 0 Å². The molecule has 3 fully saturated rings. The van der Waals surface area contributed by atoms with Crippen molar-refractivity contribution in [3.63, 3.8) is 0 Å². The summed E-state index contributed by atoms with van der Waals surface area (Å²) in [5.41, 5.74) is 12.2. The number of nitrogens with zero attached hydrogens (tertiary/aromatic N) is 1. The number of carbonyl (C=O) groups excluding carboxylic acids is 11. The fourth-order valence-electron chi connectivity index (χ4n) is 13.8. The van der Waals surface area contributed by atoms with E-state index in [0.717, 1.165) is 29.1 Å². The van der Waals surface area contributed by atoms with Crippen molar-refractivity contribution < 1.29 is 125 Å².